The van der Waals surface area contributed by atoms with Gasteiger partial charge in [0.15, 0.2) is 0 Å². The van der Waals surface area contributed by atoms with Crippen LogP contribution in [0.25, 0.3) is 0 Å². The van der Waals surface area contributed by atoms with Crippen LogP contribution in [0.2, 0.25) is 0 Å². The zero-order valence-electron chi connectivity index (χ0n) is 12.3. The molecule has 0 saturated heterocycles. The SMILES string of the molecule is Cc1nc2c(c(NCC(C)(C)CCO)n1)CCCC2. The summed E-state index contributed by atoms with van der Waals surface area (Å²) in [6.45, 7) is 7.35. The fraction of sp³-hybridized carbons (Fsp3) is 0.733. The Morgan fingerprint density at radius 1 is 1.21 bits per heavy atom. The molecule has 106 valence electrons. The molecule has 0 aliphatic heterocycles. The van der Waals surface area contributed by atoms with Gasteiger partial charge in [-0.25, -0.2) is 9.97 Å². The Morgan fingerprint density at radius 3 is 2.68 bits per heavy atom. The van der Waals surface area contributed by atoms with E-state index >= 15 is 0 Å². The molecule has 1 heterocycles. The van der Waals surface area contributed by atoms with Crippen LogP contribution in [0.15, 0.2) is 0 Å². The van der Waals surface area contributed by atoms with Gasteiger partial charge in [0, 0.05) is 24.4 Å². The molecule has 0 fully saturated rings. The maximum Gasteiger partial charge on any atom is 0.133 e. The Hall–Kier alpha value is -1.16. The highest BCUT2D eigenvalue weighted by molar-refractivity contribution is 5.48. The Balaban J connectivity index is 2.14. The van der Waals surface area contributed by atoms with Gasteiger partial charge in [-0.15, -0.1) is 0 Å². The van der Waals surface area contributed by atoms with Crippen LogP contribution in [0.4, 0.5) is 5.82 Å². The van der Waals surface area contributed by atoms with Crippen LogP contribution in [-0.4, -0.2) is 28.2 Å². The number of aryl methyl sites for hydroxylation is 2. The van der Waals surface area contributed by atoms with E-state index in [0.717, 1.165) is 37.4 Å². The van der Waals surface area contributed by atoms with Crippen LogP contribution in [0.5, 0.6) is 0 Å². The van der Waals surface area contributed by atoms with E-state index in [1.54, 1.807) is 0 Å². The Kier molecular flexibility index (Phi) is 4.40. The number of hydrogen-bond acceptors (Lipinski definition) is 4. The first-order valence-corrected chi connectivity index (χ1v) is 7.23. The molecule has 0 bridgehead atoms. The van der Waals surface area contributed by atoms with Gasteiger partial charge in [0.25, 0.3) is 0 Å². The first-order valence-electron chi connectivity index (χ1n) is 7.23. The molecule has 0 radical (unpaired) electrons. The van der Waals surface area contributed by atoms with Crippen LogP contribution >= 0.6 is 0 Å². The van der Waals surface area contributed by atoms with Gasteiger partial charge in [-0.3, -0.25) is 0 Å². The summed E-state index contributed by atoms with van der Waals surface area (Å²) in [6, 6.07) is 0. The van der Waals surface area contributed by atoms with E-state index in [2.05, 4.69) is 29.1 Å². The number of rotatable bonds is 5. The fourth-order valence-corrected chi connectivity index (χ4v) is 2.58. The van der Waals surface area contributed by atoms with Crippen molar-refractivity contribution in [2.45, 2.75) is 52.9 Å². The minimum Gasteiger partial charge on any atom is -0.396 e. The summed E-state index contributed by atoms with van der Waals surface area (Å²) in [4.78, 5) is 9.13. The monoisotopic (exact) mass is 263 g/mol. The summed E-state index contributed by atoms with van der Waals surface area (Å²) in [5, 5.41) is 12.6. The molecule has 4 nitrogen and oxygen atoms in total. The maximum absolute atomic E-state index is 9.08. The molecule has 0 aromatic carbocycles. The largest absolute Gasteiger partial charge is 0.396 e. The topological polar surface area (TPSA) is 58.0 Å². The Labute approximate surface area is 115 Å². The van der Waals surface area contributed by atoms with Gasteiger partial charge in [0.1, 0.15) is 11.6 Å². The number of aliphatic hydroxyl groups is 1. The number of hydrogen-bond donors (Lipinski definition) is 2. The van der Waals surface area contributed by atoms with E-state index in [1.165, 1.54) is 24.1 Å². The van der Waals surface area contributed by atoms with E-state index in [4.69, 9.17) is 5.11 Å². The van der Waals surface area contributed by atoms with Crippen molar-refractivity contribution in [2.24, 2.45) is 5.41 Å². The molecule has 19 heavy (non-hydrogen) atoms. The summed E-state index contributed by atoms with van der Waals surface area (Å²) in [5.41, 5.74) is 2.60. The summed E-state index contributed by atoms with van der Waals surface area (Å²) < 4.78 is 0. The lowest BCUT2D eigenvalue weighted by molar-refractivity contribution is 0.220. The normalized spacial score (nSPS) is 15.2. The molecule has 1 aromatic heterocycles. The molecule has 0 amide bonds. The summed E-state index contributed by atoms with van der Waals surface area (Å²) in [7, 11) is 0. The van der Waals surface area contributed by atoms with Crippen molar-refractivity contribution in [3.63, 3.8) is 0 Å². The third-order valence-electron chi connectivity index (χ3n) is 3.82. The van der Waals surface area contributed by atoms with Gasteiger partial charge in [-0.05, 0) is 44.4 Å². The number of aromatic nitrogens is 2. The quantitative estimate of drug-likeness (QED) is 0.857. The molecule has 0 spiro atoms. The molecular weight excluding hydrogens is 238 g/mol. The molecule has 0 unspecified atom stereocenters. The second kappa shape index (κ2) is 5.87. The highest BCUT2D eigenvalue weighted by Gasteiger charge is 2.20. The van der Waals surface area contributed by atoms with E-state index in [0.29, 0.717) is 0 Å². The number of aliphatic hydroxyl groups excluding tert-OH is 1. The van der Waals surface area contributed by atoms with Gasteiger partial charge in [0.05, 0.1) is 0 Å². The first-order chi connectivity index (χ1) is 9.02. The second-order valence-corrected chi connectivity index (χ2v) is 6.24. The standard InChI is InChI=1S/C15H25N3O/c1-11-17-13-7-5-4-6-12(13)14(18-11)16-10-15(2,3)8-9-19/h19H,4-10H2,1-3H3,(H,16,17,18). The molecule has 0 atom stereocenters. The van der Waals surface area contributed by atoms with Gasteiger partial charge in [-0.1, -0.05) is 13.8 Å². The first kappa shape index (κ1) is 14.3. The lowest BCUT2D eigenvalue weighted by Crippen LogP contribution is -2.26. The average Bonchev–Trinajstić information content (AvgIpc) is 2.36. The predicted molar refractivity (Wildman–Crippen MR) is 77.4 cm³/mol. The summed E-state index contributed by atoms with van der Waals surface area (Å²) in [5.74, 6) is 1.86. The van der Waals surface area contributed by atoms with Crippen LogP contribution in [0.3, 0.4) is 0 Å². The van der Waals surface area contributed by atoms with Crippen molar-refractivity contribution >= 4 is 5.82 Å². The molecule has 1 aliphatic rings. The van der Waals surface area contributed by atoms with E-state index in [1.807, 2.05) is 6.92 Å². The maximum atomic E-state index is 9.08. The highest BCUT2D eigenvalue weighted by Crippen LogP contribution is 2.27. The molecular formula is C15H25N3O. The van der Waals surface area contributed by atoms with Gasteiger partial charge < -0.3 is 10.4 Å². The number of fused-ring (bicyclic) bond motifs is 1. The van der Waals surface area contributed by atoms with Crippen molar-refractivity contribution < 1.29 is 5.11 Å². The molecule has 1 aromatic rings. The lowest BCUT2D eigenvalue weighted by Gasteiger charge is -2.26. The van der Waals surface area contributed by atoms with E-state index in [9.17, 15) is 0 Å². The van der Waals surface area contributed by atoms with Crippen molar-refractivity contribution in [3.05, 3.63) is 17.1 Å². The zero-order valence-corrected chi connectivity index (χ0v) is 12.3. The molecule has 4 heteroatoms. The third-order valence-corrected chi connectivity index (χ3v) is 3.82. The highest BCUT2D eigenvalue weighted by atomic mass is 16.3. The molecule has 2 rings (SSSR count). The smallest absolute Gasteiger partial charge is 0.133 e. The van der Waals surface area contributed by atoms with Crippen LogP contribution in [0.1, 0.15) is 50.2 Å². The zero-order chi connectivity index (χ0) is 13.9. The number of nitrogens with one attached hydrogen (secondary N) is 1. The predicted octanol–water partition coefficient (Wildman–Crippen LogP) is 2.48. The summed E-state index contributed by atoms with van der Waals surface area (Å²) in [6.07, 6.45) is 5.42. The van der Waals surface area contributed by atoms with Gasteiger partial charge >= 0.3 is 0 Å². The number of anilines is 1. The van der Waals surface area contributed by atoms with E-state index < -0.39 is 0 Å². The van der Waals surface area contributed by atoms with E-state index in [-0.39, 0.29) is 12.0 Å². The van der Waals surface area contributed by atoms with Crippen molar-refractivity contribution in [1.82, 2.24) is 9.97 Å². The summed E-state index contributed by atoms with van der Waals surface area (Å²) >= 11 is 0. The van der Waals surface area contributed by atoms with Crippen LogP contribution in [-0.2, 0) is 12.8 Å². The third kappa shape index (κ3) is 3.66. The molecule has 0 saturated carbocycles. The Morgan fingerprint density at radius 2 is 1.95 bits per heavy atom. The molecule has 2 N–H and O–H groups in total. The Bertz CT molecular complexity index is 443. The molecule has 1 aliphatic carbocycles. The minimum absolute atomic E-state index is 0.0785. The van der Waals surface area contributed by atoms with Crippen molar-refractivity contribution in [2.75, 3.05) is 18.5 Å². The second-order valence-electron chi connectivity index (χ2n) is 6.24. The van der Waals surface area contributed by atoms with Crippen molar-refractivity contribution in [3.8, 4) is 0 Å². The number of nitrogens with zero attached hydrogens (tertiary/aromatic N) is 2. The van der Waals surface area contributed by atoms with Crippen LogP contribution < -0.4 is 5.32 Å². The lowest BCUT2D eigenvalue weighted by atomic mass is 9.89. The van der Waals surface area contributed by atoms with Gasteiger partial charge in [-0.2, -0.15) is 0 Å². The average molecular weight is 263 g/mol. The van der Waals surface area contributed by atoms with Crippen molar-refractivity contribution in [1.29, 1.82) is 0 Å². The van der Waals surface area contributed by atoms with Crippen LogP contribution in [0, 0.1) is 12.3 Å². The minimum atomic E-state index is 0.0785. The van der Waals surface area contributed by atoms with Gasteiger partial charge in [0.2, 0.25) is 0 Å². The fourth-order valence-electron chi connectivity index (χ4n) is 2.58.